The van der Waals surface area contributed by atoms with Crippen molar-refractivity contribution in [2.24, 2.45) is 10.2 Å². The third-order valence-electron chi connectivity index (χ3n) is 3.68. The maximum atomic E-state index is 12.4. The van der Waals surface area contributed by atoms with Crippen LogP contribution < -0.4 is 10.6 Å². The van der Waals surface area contributed by atoms with Gasteiger partial charge in [0.25, 0.3) is 5.91 Å². The molecular formula is C21H24N4O3. The van der Waals surface area contributed by atoms with Gasteiger partial charge in [0.05, 0.1) is 12.1 Å². The van der Waals surface area contributed by atoms with Crippen molar-refractivity contribution >= 4 is 34.7 Å². The van der Waals surface area contributed by atoms with E-state index in [1.165, 1.54) is 13.3 Å². The Hall–Kier alpha value is -3.35. The molecule has 0 aliphatic carbocycles. The minimum atomic E-state index is -1.23. The number of rotatable bonds is 5. The average molecular weight is 380 g/mol. The molecule has 0 saturated heterocycles. The van der Waals surface area contributed by atoms with Gasteiger partial charge in [0.15, 0.2) is 5.78 Å². The number of hydrogen-bond acceptors (Lipinski definition) is 5. The second-order valence-corrected chi connectivity index (χ2v) is 6.36. The zero-order valence-electron chi connectivity index (χ0n) is 16.2. The number of ketones is 1. The van der Waals surface area contributed by atoms with Gasteiger partial charge in [-0.15, -0.1) is 0 Å². The van der Waals surface area contributed by atoms with E-state index in [1.54, 1.807) is 42.5 Å². The van der Waals surface area contributed by atoms with Gasteiger partial charge < -0.3 is 10.6 Å². The summed E-state index contributed by atoms with van der Waals surface area (Å²) >= 11 is 0. The topological polar surface area (TPSA) is 100.0 Å². The number of anilines is 2. The van der Waals surface area contributed by atoms with Gasteiger partial charge in [-0.3, -0.25) is 14.4 Å². The maximum Gasteiger partial charge on any atom is 0.258 e. The van der Waals surface area contributed by atoms with Crippen LogP contribution in [0, 0.1) is 0 Å². The fraction of sp³-hybridized carbons (Fsp3) is 0.286. The quantitative estimate of drug-likeness (QED) is 0.598. The van der Waals surface area contributed by atoms with Gasteiger partial charge in [0.1, 0.15) is 0 Å². The molecule has 1 aliphatic heterocycles. The van der Waals surface area contributed by atoms with Crippen LogP contribution in [0.2, 0.25) is 0 Å². The summed E-state index contributed by atoms with van der Waals surface area (Å²) in [6.45, 7) is 5.54. The summed E-state index contributed by atoms with van der Waals surface area (Å²) in [6.07, 6.45) is 1.52. The van der Waals surface area contributed by atoms with Crippen LogP contribution in [-0.2, 0) is 20.8 Å². The standard InChI is InChI=1S/C18H16N4O3.C3H8/c1-11(23)17(22-21-13-5-3-2-4-6-13)18(25)19-14-7-8-15-12(9-14)10-16(24)20-15;1-3-2/h2-9,17H,10H2,1H3,(H,19,25)(H,20,24);3H2,1-2H3. The van der Waals surface area contributed by atoms with E-state index in [9.17, 15) is 14.4 Å². The molecule has 0 fully saturated rings. The number of carbonyl (C=O) groups is 3. The van der Waals surface area contributed by atoms with Crippen LogP contribution in [0.5, 0.6) is 0 Å². The van der Waals surface area contributed by atoms with E-state index in [0.717, 1.165) is 11.3 Å². The second kappa shape index (κ2) is 10.1. The molecule has 2 aromatic carbocycles. The molecule has 1 aliphatic rings. The zero-order chi connectivity index (χ0) is 20.5. The van der Waals surface area contributed by atoms with Gasteiger partial charge in [0, 0.05) is 11.4 Å². The van der Waals surface area contributed by atoms with Crippen molar-refractivity contribution in [1.82, 2.24) is 0 Å². The van der Waals surface area contributed by atoms with Crippen molar-refractivity contribution in [3.63, 3.8) is 0 Å². The minimum Gasteiger partial charge on any atom is -0.326 e. The van der Waals surface area contributed by atoms with Gasteiger partial charge in [0.2, 0.25) is 11.9 Å². The molecular weight excluding hydrogens is 356 g/mol. The number of benzene rings is 2. The average Bonchev–Trinajstić information content (AvgIpc) is 3.02. The van der Waals surface area contributed by atoms with Crippen LogP contribution >= 0.6 is 0 Å². The van der Waals surface area contributed by atoms with Gasteiger partial charge in [-0.1, -0.05) is 38.5 Å². The minimum absolute atomic E-state index is 0.0863. The molecule has 0 spiro atoms. The highest BCUT2D eigenvalue weighted by molar-refractivity contribution is 6.10. The van der Waals surface area contributed by atoms with Crippen LogP contribution in [0.25, 0.3) is 0 Å². The lowest BCUT2D eigenvalue weighted by Gasteiger charge is -2.10. The van der Waals surface area contributed by atoms with Gasteiger partial charge in [-0.2, -0.15) is 10.2 Å². The van der Waals surface area contributed by atoms with Crippen molar-refractivity contribution in [2.45, 2.75) is 39.7 Å². The smallest absolute Gasteiger partial charge is 0.258 e. The van der Waals surface area contributed by atoms with E-state index >= 15 is 0 Å². The molecule has 2 aromatic rings. The summed E-state index contributed by atoms with van der Waals surface area (Å²) in [7, 11) is 0. The highest BCUT2D eigenvalue weighted by Crippen LogP contribution is 2.26. The van der Waals surface area contributed by atoms with Crippen LogP contribution in [0.1, 0.15) is 32.8 Å². The highest BCUT2D eigenvalue weighted by atomic mass is 16.2. The summed E-state index contributed by atoms with van der Waals surface area (Å²) in [5.74, 6) is -1.06. The molecule has 0 radical (unpaired) electrons. The second-order valence-electron chi connectivity index (χ2n) is 6.36. The molecule has 1 atom stereocenters. The normalized spacial score (nSPS) is 13.2. The highest BCUT2D eigenvalue weighted by Gasteiger charge is 2.24. The Labute approximate surface area is 164 Å². The summed E-state index contributed by atoms with van der Waals surface area (Å²) in [6, 6.07) is 12.7. The molecule has 0 saturated carbocycles. The molecule has 3 rings (SSSR count). The third-order valence-corrected chi connectivity index (χ3v) is 3.68. The number of nitrogens with zero attached hydrogens (tertiary/aromatic N) is 2. The van der Waals surface area contributed by atoms with Gasteiger partial charge in [-0.05, 0) is 42.8 Å². The zero-order valence-corrected chi connectivity index (χ0v) is 16.2. The molecule has 1 heterocycles. The maximum absolute atomic E-state index is 12.4. The van der Waals surface area contributed by atoms with E-state index in [-0.39, 0.29) is 12.3 Å². The molecule has 28 heavy (non-hydrogen) atoms. The molecule has 2 amide bonds. The number of amides is 2. The van der Waals surface area contributed by atoms with Gasteiger partial charge in [-0.25, -0.2) is 0 Å². The fourth-order valence-electron chi connectivity index (χ4n) is 2.46. The molecule has 146 valence electrons. The summed E-state index contributed by atoms with van der Waals surface area (Å²) < 4.78 is 0. The van der Waals surface area contributed by atoms with Crippen LogP contribution in [0.4, 0.5) is 17.1 Å². The summed E-state index contributed by atoms with van der Waals surface area (Å²) in [5.41, 5.74) is 2.59. The summed E-state index contributed by atoms with van der Waals surface area (Å²) in [4.78, 5) is 35.5. The number of hydrogen-bond donors (Lipinski definition) is 2. The van der Waals surface area contributed by atoms with E-state index in [0.29, 0.717) is 11.4 Å². The Kier molecular flexibility index (Phi) is 7.56. The van der Waals surface area contributed by atoms with E-state index in [4.69, 9.17) is 0 Å². The Morgan fingerprint density at radius 1 is 1.14 bits per heavy atom. The lowest BCUT2D eigenvalue weighted by atomic mass is 10.1. The van der Waals surface area contributed by atoms with Crippen molar-refractivity contribution in [1.29, 1.82) is 0 Å². The van der Waals surface area contributed by atoms with E-state index in [2.05, 4.69) is 34.7 Å². The lowest BCUT2D eigenvalue weighted by molar-refractivity contribution is -0.126. The molecule has 1 unspecified atom stereocenters. The van der Waals surface area contributed by atoms with E-state index < -0.39 is 17.7 Å². The van der Waals surface area contributed by atoms with Crippen LogP contribution in [0.15, 0.2) is 58.8 Å². The predicted octanol–water partition coefficient (Wildman–Crippen LogP) is 4.28. The molecule has 2 N–H and O–H groups in total. The Morgan fingerprint density at radius 3 is 2.46 bits per heavy atom. The number of azo groups is 1. The van der Waals surface area contributed by atoms with E-state index in [1.807, 2.05) is 6.07 Å². The predicted molar refractivity (Wildman–Crippen MR) is 109 cm³/mol. The number of nitrogens with one attached hydrogen (secondary N) is 2. The van der Waals surface area contributed by atoms with Crippen molar-refractivity contribution < 1.29 is 14.4 Å². The number of Topliss-reactive ketones (excluding diaryl/α,β-unsaturated/α-hetero) is 1. The Morgan fingerprint density at radius 2 is 1.82 bits per heavy atom. The Balaban J connectivity index is 0.000000878. The SMILES string of the molecule is CC(=O)C(N=Nc1ccccc1)C(=O)Nc1ccc2c(c1)CC(=O)N2.CCC. The first-order valence-corrected chi connectivity index (χ1v) is 9.14. The number of carbonyl (C=O) groups excluding carboxylic acids is 3. The van der Waals surface area contributed by atoms with Crippen molar-refractivity contribution in [3.8, 4) is 0 Å². The molecule has 7 nitrogen and oxygen atoms in total. The first kappa shape index (κ1) is 21.0. The molecule has 7 heteroatoms. The largest absolute Gasteiger partial charge is 0.326 e. The van der Waals surface area contributed by atoms with Gasteiger partial charge >= 0.3 is 0 Å². The molecule has 0 bridgehead atoms. The lowest BCUT2D eigenvalue weighted by Crippen LogP contribution is -2.31. The fourth-order valence-corrected chi connectivity index (χ4v) is 2.46. The Bertz CT molecular complexity index is 878. The molecule has 0 aromatic heterocycles. The van der Waals surface area contributed by atoms with Crippen molar-refractivity contribution in [2.75, 3.05) is 10.6 Å². The van der Waals surface area contributed by atoms with Crippen LogP contribution in [-0.4, -0.2) is 23.6 Å². The first-order valence-electron chi connectivity index (χ1n) is 9.14. The van der Waals surface area contributed by atoms with Crippen LogP contribution in [0.3, 0.4) is 0 Å². The monoisotopic (exact) mass is 380 g/mol. The van der Waals surface area contributed by atoms with Crippen molar-refractivity contribution in [3.05, 3.63) is 54.1 Å². The first-order chi connectivity index (χ1) is 13.4. The third kappa shape index (κ3) is 5.84. The number of fused-ring (bicyclic) bond motifs is 1. The summed E-state index contributed by atoms with van der Waals surface area (Å²) in [5, 5.41) is 13.2.